The number of carbonyl (C=O) groups excluding carboxylic acids is 2. The zero-order valence-corrected chi connectivity index (χ0v) is 15.7. The molecule has 1 unspecified atom stereocenters. The van der Waals surface area contributed by atoms with E-state index in [1.807, 2.05) is 44.2 Å². The molecule has 0 bridgehead atoms. The number of H-pyrrole nitrogens is 1. The molecule has 0 radical (unpaired) electrons. The third-order valence-electron chi connectivity index (χ3n) is 4.77. The van der Waals surface area contributed by atoms with E-state index in [1.54, 1.807) is 23.1 Å². The molecule has 1 aromatic heterocycles. The lowest BCUT2D eigenvalue weighted by molar-refractivity contribution is 0.0942. The van der Waals surface area contributed by atoms with Crippen LogP contribution in [0.5, 0.6) is 0 Å². The van der Waals surface area contributed by atoms with Crippen molar-refractivity contribution in [1.82, 2.24) is 20.5 Å². The van der Waals surface area contributed by atoms with Crippen molar-refractivity contribution in [2.24, 2.45) is 0 Å². The highest BCUT2D eigenvalue weighted by Crippen LogP contribution is 2.40. The second-order valence-electron chi connectivity index (χ2n) is 7.11. The van der Waals surface area contributed by atoms with E-state index < -0.39 is 0 Å². The standard InChI is InChI=1S/C21H21N5O2/c1-13(2)24-20(27)15-8-9-18-16(10-15)17(19-22-12-23-25-19)11-26(18)21(28)14-6-4-3-5-7-14/h3-10,12-13,17H,11H2,1-2H3,(H,24,27)(H,22,23,25). The van der Waals surface area contributed by atoms with Gasteiger partial charge in [-0.25, -0.2) is 4.98 Å². The van der Waals surface area contributed by atoms with Crippen molar-refractivity contribution in [3.8, 4) is 0 Å². The number of carbonyl (C=O) groups is 2. The maximum absolute atomic E-state index is 13.1. The van der Waals surface area contributed by atoms with Gasteiger partial charge in [-0.15, -0.1) is 0 Å². The van der Waals surface area contributed by atoms with Gasteiger partial charge in [-0.1, -0.05) is 18.2 Å². The molecule has 1 aliphatic rings. The van der Waals surface area contributed by atoms with Crippen molar-refractivity contribution < 1.29 is 9.59 Å². The van der Waals surface area contributed by atoms with Crippen molar-refractivity contribution in [3.63, 3.8) is 0 Å². The van der Waals surface area contributed by atoms with E-state index in [0.717, 1.165) is 11.3 Å². The number of hydrogen-bond acceptors (Lipinski definition) is 4. The van der Waals surface area contributed by atoms with Gasteiger partial charge < -0.3 is 10.2 Å². The fraction of sp³-hybridized carbons (Fsp3) is 0.238. The molecule has 1 aliphatic heterocycles. The summed E-state index contributed by atoms with van der Waals surface area (Å²) in [6, 6.07) is 14.6. The Labute approximate surface area is 162 Å². The SMILES string of the molecule is CC(C)NC(=O)c1ccc2c(c1)C(c1ncn[nH]1)CN2C(=O)c1ccccc1. The van der Waals surface area contributed by atoms with E-state index >= 15 is 0 Å². The number of nitrogens with zero attached hydrogens (tertiary/aromatic N) is 3. The first kappa shape index (κ1) is 17.9. The van der Waals surface area contributed by atoms with Crippen LogP contribution in [0.3, 0.4) is 0 Å². The smallest absolute Gasteiger partial charge is 0.258 e. The summed E-state index contributed by atoms with van der Waals surface area (Å²) in [5, 5.41) is 9.75. The van der Waals surface area contributed by atoms with Crippen molar-refractivity contribution >= 4 is 17.5 Å². The monoisotopic (exact) mass is 375 g/mol. The largest absolute Gasteiger partial charge is 0.350 e. The van der Waals surface area contributed by atoms with Gasteiger partial charge in [0.2, 0.25) is 0 Å². The number of nitrogens with one attached hydrogen (secondary N) is 2. The van der Waals surface area contributed by atoms with Crippen LogP contribution in [0.25, 0.3) is 0 Å². The predicted molar refractivity (Wildman–Crippen MR) is 105 cm³/mol. The van der Waals surface area contributed by atoms with Gasteiger partial charge in [0.15, 0.2) is 0 Å². The quantitative estimate of drug-likeness (QED) is 0.734. The van der Waals surface area contributed by atoms with Gasteiger partial charge in [0.1, 0.15) is 12.2 Å². The van der Waals surface area contributed by atoms with Crippen LogP contribution in [0.1, 0.15) is 51.9 Å². The minimum absolute atomic E-state index is 0.0435. The minimum Gasteiger partial charge on any atom is -0.350 e. The summed E-state index contributed by atoms with van der Waals surface area (Å²) in [7, 11) is 0. The number of aromatic nitrogens is 3. The highest BCUT2D eigenvalue weighted by molar-refractivity contribution is 6.08. The molecule has 0 aliphatic carbocycles. The second kappa shape index (κ2) is 7.26. The summed E-state index contributed by atoms with van der Waals surface area (Å²) in [5.41, 5.74) is 2.85. The third-order valence-corrected chi connectivity index (χ3v) is 4.77. The van der Waals surface area contributed by atoms with Crippen LogP contribution in [0.4, 0.5) is 5.69 Å². The fourth-order valence-corrected chi connectivity index (χ4v) is 3.49. The molecule has 0 fully saturated rings. The lowest BCUT2D eigenvalue weighted by Crippen LogP contribution is -2.30. The van der Waals surface area contributed by atoms with Gasteiger partial charge in [0.05, 0.1) is 5.92 Å². The van der Waals surface area contributed by atoms with E-state index in [2.05, 4.69) is 20.5 Å². The molecular formula is C21H21N5O2. The number of hydrogen-bond donors (Lipinski definition) is 2. The zero-order chi connectivity index (χ0) is 19.7. The summed E-state index contributed by atoms with van der Waals surface area (Å²) < 4.78 is 0. The van der Waals surface area contributed by atoms with E-state index in [4.69, 9.17) is 0 Å². The summed E-state index contributed by atoms with van der Waals surface area (Å²) in [6.07, 6.45) is 1.45. The summed E-state index contributed by atoms with van der Waals surface area (Å²) in [4.78, 5) is 31.6. The molecule has 2 amide bonds. The Morgan fingerprint density at radius 1 is 1.14 bits per heavy atom. The first-order valence-electron chi connectivity index (χ1n) is 9.21. The molecule has 0 saturated heterocycles. The Morgan fingerprint density at radius 3 is 2.61 bits per heavy atom. The van der Waals surface area contributed by atoms with Crippen LogP contribution >= 0.6 is 0 Å². The molecular weight excluding hydrogens is 354 g/mol. The Hall–Kier alpha value is -3.48. The van der Waals surface area contributed by atoms with E-state index in [9.17, 15) is 9.59 Å². The molecule has 28 heavy (non-hydrogen) atoms. The topological polar surface area (TPSA) is 91.0 Å². The summed E-state index contributed by atoms with van der Waals surface area (Å²) >= 11 is 0. The molecule has 1 atom stereocenters. The molecule has 2 aromatic carbocycles. The number of amides is 2. The average Bonchev–Trinajstić information content (AvgIpc) is 3.35. The third kappa shape index (κ3) is 3.26. The molecule has 7 heteroatoms. The van der Waals surface area contributed by atoms with E-state index in [-0.39, 0.29) is 23.8 Å². The van der Waals surface area contributed by atoms with Gasteiger partial charge >= 0.3 is 0 Å². The van der Waals surface area contributed by atoms with Gasteiger partial charge in [-0.05, 0) is 49.7 Å². The minimum atomic E-state index is -0.169. The molecule has 2 N–H and O–H groups in total. The van der Waals surface area contributed by atoms with E-state index in [0.29, 0.717) is 23.5 Å². The Morgan fingerprint density at radius 2 is 1.93 bits per heavy atom. The molecule has 2 heterocycles. The molecule has 4 rings (SSSR count). The number of aromatic amines is 1. The van der Waals surface area contributed by atoms with Crippen molar-refractivity contribution in [3.05, 3.63) is 77.4 Å². The van der Waals surface area contributed by atoms with Crippen LogP contribution in [-0.2, 0) is 0 Å². The van der Waals surface area contributed by atoms with Gasteiger partial charge in [0.25, 0.3) is 11.8 Å². The number of rotatable bonds is 4. The van der Waals surface area contributed by atoms with Crippen LogP contribution in [0, 0.1) is 0 Å². The van der Waals surface area contributed by atoms with Crippen molar-refractivity contribution in [1.29, 1.82) is 0 Å². The Balaban J connectivity index is 1.74. The Bertz CT molecular complexity index is 999. The fourth-order valence-electron chi connectivity index (χ4n) is 3.49. The highest BCUT2D eigenvalue weighted by Gasteiger charge is 2.35. The first-order chi connectivity index (χ1) is 13.5. The maximum Gasteiger partial charge on any atom is 0.258 e. The molecule has 0 spiro atoms. The first-order valence-corrected chi connectivity index (χ1v) is 9.21. The van der Waals surface area contributed by atoms with Gasteiger partial charge in [-0.3, -0.25) is 14.7 Å². The van der Waals surface area contributed by atoms with Crippen LogP contribution in [0.2, 0.25) is 0 Å². The van der Waals surface area contributed by atoms with E-state index in [1.165, 1.54) is 6.33 Å². The van der Waals surface area contributed by atoms with Crippen LogP contribution < -0.4 is 10.2 Å². The molecule has 0 saturated carbocycles. The van der Waals surface area contributed by atoms with Gasteiger partial charge in [0, 0.05) is 29.4 Å². The number of benzene rings is 2. The zero-order valence-electron chi connectivity index (χ0n) is 15.7. The average molecular weight is 375 g/mol. The highest BCUT2D eigenvalue weighted by atomic mass is 16.2. The number of anilines is 1. The van der Waals surface area contributed by atoms with Crippen LogP contribution in [0.15, 0.2) is 54.9 Å². The Kier molecular flexibility index (Phi) is 4.65. The predicted octanol–water partition coefficient (Wildman–Crippen LogP) is 2.74. The lowest BCUT2D eigenvalue weighted by atomic mass is 9.98. The maximum atomic E-state index is 13.1. The lowest BCUT2D eigenvalue weighted by Gasteiger charge is -2.18. The second-order valence-corrected chi connectivity index (χ2v) is 7.11. The number of fused-ring (bicyclic) bond motifs is 1. The molecule has 3 aromatic rings. The molecule has 7 nitrogen and oxygen atoms in total. The molecule has 142 valence electrons. The summed E-state index contributed by atoms with van der Waals surface area (Å²) in [6.45, 7) is 4.28. The van der Waals surface area contributed by atoms with Gasteiger partial charge in [-0.2, -0.15) is 5.10 Å². The summed E-state index contributed by atoms with van der Waals surface area (Å²) in [5.74, 6) is 0.285. The van der Waals surface area contributed by atoms with Crippen LogP contribution in [-0.4, -0.2) is 39.6 Å². The van der Waals surface area contributed by atoms with Crippen molar-refractivity contribution in [2.45, 2.75) is 25.8 Å². The van der Waals surface area contributed by atoms with Crippen molar-refractivity contribution in [2.75, 3.05) is 11.4 Å². The normalized spacial score (nSPS) is 15.5.